The molecule has 1 aromatic rings. The van der Waals surface area contributed by atoms with Crippen LogP contribution in [0.4, 0.5) is 0 Å². The van der Waals surface area contributed by atoms with Crippen molar-refractivity contribution in [1.29, 1.82) is 0 Å². The lowest BCUT2D eigenvalue weighted by Gasteiger charge is -2.35. The van der Waals surface area contributed by atoms with Crippen LogP contribution in [-0.4, -0.2) is 13.7 Å². The van der Waals surface area contributed by atoms with Gasteiger partial charge >= 0.3 is 0 Å². The summed E-state index contributed by atoms with van der Waals surface area (Å²) in [4.78, 5) is 0. The second-order valence-corrected chi connectivity index (χ2v) is 6.48. The van der Waals surface area contributed by atoms with Crippen molar-refractivity contribution in [1.82, 2.24) is 5.32 Å². The predicted octanol–water partition coefficient (Wildman–Crippen LogP) is 4.62. The van der Waals surface area contributed by atoms with E-state index in [1.54, 1.807) is 7.11 Å². The fourth-order valence-corrected chi connectivity index (χ4v) is 3.61. The van der Waals surface area contributed by atoms with E-state index in [9.17, 15) is 0 Å². The van der Waals surface area contributed by atoms with Crippen LogP contribution in [0.3, 0.4) is 0 Å². The lowest BCUT2D eigenvalue weighted by Crippen LogP contribution is -2.35. The number of aryl methyl sites for hydroxylation is 1. The van der Waals surface area contributed by atoms with Crippen LogP contribution in [0, 0.1) is 12.3 Å². The van der Waals surface area contributed by atoms with E-state index in [2.05, 4.69) is 44.3 Å². The van der Waals surface area contributed by atoms with Gasteiger partial charge in [0.15, 0.2) is 0 Å². The second kappa shape index (κ2) is 6.62. The van der Waals surface area contributed by atoms with Gasteiger partial charge in [-0.05, 0) is 55.3 Å². The molecule has 1 aliphatic carbocycles. The van der Waals surface area contributed by atoms with Gasteiger partial charge in [-0.2, -0.15) is 0 Å². The van der Waals surface area contributed by atoms with Crippen LogP contribution < -0.4 is 10.1 Å². The van der Waals surface area contributed by atoms with Gasteiger partial charge < -0.3 is 10.1 Å². The van der Waals surface area contributed by atoms with Gasteiger partial charge in [0.2, 0.25) is 0 Å². The van der Waals surface area contributed by atoms with Crippen LogP contribution >= 0.6 is 0 Å². The first-order chi connectivity index (χ1) is 9.60. The van der Waals surface area contributed by atoms with Gasteiger partial charge in [0, 0.05) is 6.04 Å². The van der Waals surface area contributed by atoms with E-state index in [0.717, 1.165) is 12.3 Å². The Morgan fingerprint density at radius 2 is 2.00 bits per heavy atom. The fraction of sp³-hybridized carbons (Fsp3) is 0.667. The Labute approximate surface area is 123 Å². The minimum Gasteiger partial charge on any atom is -0.496 e. The van der Waals surface area contributed by atoms with E-state index in [4.69, 9.17) is 4.74 Å². The van der Waals surface area contributed by atoms with Crippen molar-refractivity contribution in [3.8, 4) is 5.75 Å². The van der Waals surface area contributed by atoms with Crippen molar-refractivity contribution < 1.29 is 4.74 Å². The fourth-order valence-electron chi connectivity index (χ4n) is 3.61. The van der Waals surface area contributed by atoms with E-state index in [-0.39, 0.29) is 0 Å². The van der Waals surface area contributed by atoms with Gasteiger partial charge in [0.25, 0.3) is 0 Å². The number of methoxy groups -OCH3 is 1. The van der Waals surface area contributed by atoms with Gasteiger partial charge in [-0.25, -0.2) is 0 Å². The highest BCUT2D eigenvalue weighted by molar-refractivity contribution is 5.38. The maximum atomic E-state index is 5.39. The highest BCUT2D eigenvalue weighted by Crippen LogP contribution is 2.47. The zero-order valence-electron chi connectivity index (χ0n) is 13.5. The van der Waals surface area contributed by atoms with Gasteiger partial charge in [-0.15, -0.1) is 0 Å². The molecule has 1 saturated carbocycles. The number of benzene rings is 1. The Balaban J connectivity index is 2.28. The first kappa shape index (κ1) is 15.4. The number of hydrogen-bond donors (Lipinski definition) is 1. The normalized spacial score (nSPS) is 19.0. The first-order valence-electron chi connectivity index (χ1n) is 7.98. The molecule has 0 saturated heterocycles. The Morgan fingerprint density at radius 3 is 2.55 bits per heavy atom. The largest absolute Gasteiger partial charge is 0.496 e. The quantitative estimate of drug-likeness (QED) is 0.817. The molecule has 1 atom stereocenters. The molecule has 1 unspecified atom stereocenters. The van der Waals surface area contributed by atoms with E-state index in [0.29, 0.717) is 11.5 Å². The Kier molecular flexibility index (Phi) is 5.09. The summed E-state index contributed by atoms with van der Waals surface area (Å²) >= 11 is 0. The first-order valence-corrected chi connectivity index (χ1v) is 7.98. The number of nitrogens with one attached hydrogen (secondary N) is 1. The number of rotatable bonds is 6. The molecule has 1 N–H and O–H groups in total. The predicted molar refractivity (Wildman–Crippen MR) is 85.3 cm³/mol. The molecule has 0 heterocycles. The van der Waals surface area contributed by atoms with Crippen LogP contribution in [0.5, 0.6) is 5.75 Å². The molecule has 2 rings (SSSR count). The van der Waals surface area contributed by atoms with Crippen molar-refractivity contribution in [2.24, 2.45) is 5.41 Å². The van der Waals surface area contributed by atoms with Crippen molar-refractivity contribution in [3.05, 3.63) is 29.3 Å². The summed E-state index contributed by atoms with van der Waals surface area (Å²) in [6, 6.07) is 7.12. The molecule has 2 heteroatoms. The lowest BCUT2D eigenvalue weighted by atomic mass is 9.77. The van der Waals surface area contributed by atoms with Crippen LogP contribution in [0.15, 0.2) is 18.2 Å². The minimum atomic E-state index is 0.399. The molecule has 0 radical (unpaired) electrons. The molecule has 112 valence electrons. The number of ether oxygens (including phenoxy) is 1. The van der Waals surface area contributed by atoms with Gasteiger partial charge in [-0.1, -0.05) is 38.8 Å². The van der Waals surface area contributed by atoms with Crippen LogP contribution in [0.1, 0.15) is 63.1 Å². The molecular weight excluding hydrogens is 246 g/mol. The monoisotopic (exact) mass is 275 g/mol. The summed E-state index contributed by atoms with van der Waals surface area (Å²) in [5.74, 6) is 0.986. The standard InChI is InChI=1S/C18H29NO/c1-5-12-19-17(18(3)10-6-7-11-18)15-8-9-16(20-4)14(2)13-15/h8-9,13,17,19H,5-7,10-12H2,1-4H3. The van der Waals surface area contributed by atoms with Crippen LogP contribution in [0.25, 0.3) is 0 Å². The molecule has 2 nitrogen and oxygen atoms in total. The molecular formula is C18H29NO. The van der Waals surface area contributed by atoms with E-state index in [1.807, 2.05) is 0 Å². The maximum Gasteiger partial charge on any atom is 0.121 e. The van der Waals surface area contributed by atoms with Crippen molar-refractivity contribution in [2.45, 2.75) is 58.9 Å². The average Bonchev–Trinajstić information content (AvgIpc) is 2.87. The third-order valence-corrected chi connectivity index (χ3v) is 4.79. The molecule has 0 aliphatic heterocycles. The molecule has 20 heavy (non-hydrogen) atoms. The highest BCUT2D eigenvalue weighted by Gasteiger charge is 2.37. The third kappa shape index (κ3) is 3.17. The average molecular weight is 275 g/mol. The topological polar surface area (TPSA) is 21.3 Å². The van der Waals surface area contributed by atoms with Gasteiger partial charge in [0.1, 0.15) is 5.75 Å². The number of hydrogen-bond acceptors (Lipinski definition) is 2. The van der Waals surface area contributed by atoms with Gasteiger partial charge in [-0.3, -0.25) is 0 Å². The zero-order valence-corrected chi connectivity index (χ0v) is 13.5. The molecule has 0 spiro atoms. The van der Waals surface area contributed by atoms with Crippen LogP contribution in [0.2, 0.25) is 0 Å². The maximum absolute atomic E-state index is 5.39. The molecule has 1 fully saturated rings. The Hall–Kier alpha value is -1.02. The molecule has 1 aromatic carbocycles. The summed E-state index contributed by atoms with van der Waals surface area (Å²) in [6.45, 7) is 7.91. The van der Waals surface area contributed by atoms with E-state index in [1.165, 1.54) is 43.2 Å². The summed E-state index contributed by atoms with van der Waals surface area (Å²) in [6.07, 6.45) is 6.59. The highest BCUT2D eigenvalue weighted by atomic mass is 16.5. The molecule has 1 aliphatic rings. The van der Waals surface area contributed by atoms with Crippen molar-refractivity contribution >= 4 is 0 Å². The van der Waals surface area contributed by atoms with Gasteiger partial charge in [0.05, 0.1) is 7.11 Å². The molecule has 0 bridgehead atoms. The summed E-state index contributed by atoms with van der Waals surface area (Å²) < 4.78 is 5.39. The summed E-state index contributed by atoms with van der Waals surface area (Å²) in [5, 5.41) is 3.79. The minimum absolute atomic E-state index is 0.399. The summed E-state index contributed by atoms with van der Waals surface area (Å²) in [5.41, 5.74) is 3.05. The lowest BCUT2D eigenvalue weighted by molar-refractivity contribution is 0.223. The Morgan fingerprint density at radius 1 is 1.30 bits per heavy atom. The summed E-state index contributed by atoms with van der Waals surface area (Å²) in [7, 11) is 1.74. The third-order valence-electron chi connectivity index (χ3n) is 4.79. The molecule has 0 amide bonds. The van der Waals surface area contributed by atoms with Crippen LogP contribution in [-0.2, 0) is 0 Å². The van der Waals surface area contributed by atoms with Crippen molar-refractivity contribution in [2.75, 3.05) is 13.7 Å². The smallest absolute Gasteiger partial charge is 0.121 e. The van der Waals surface area contributed by atoms with E-state index < -0.39 is 0 Å². The zero-order chi connectivity index (χ0) is 14.6. The molecule has 0 aromatic heterocycles. The van der Waals surface area contributed by atoms with E-state index >= 15 is 0 Å². The Bertz CT molecular complexity index is 435. The van der Waals surface area contributed by atoms with Crippen molar-refractivity contribution in [3.63, 3.8) is 0 Å². The second-order valence-electron chi connectivity index (χ2n) is 6.48. The SMILES string of the molecule is CCCNC(c1ccc(OC)c(C)c1)C1(C)CCCC1.